The molecule has 0 spiro atoms. The minimum Gasteiger partial charge on any atom is -0.306 e. The summed E-state index contributed by atoms with van der Waals surface area (Å²) in [7, 11) is 2.22. The predicted octanol–water partition coefficient (Wildman–Crippen LogP) is 2.08. The molecular formula is C9H19NS. The van der Waals surface area contributed by atoms with E-state index in [1.807, 2.05) is 0 Å². The van der Waals surface area contributed by atoms with Gasteiger partial charge in [0, 0.05) is 6.54 Å². The van der Waals surface area contributed by atoms with Gasteiger partial charge in [-0.15, -0.1) is 0 Å². The SMILES string of the molecule is CC(C)SCC1CCN(C)C1. The molecule has 0 aromatic rings. The second-order valence-corrected chi connectivity index (χ2v) is 5.41. The second kappa shape index (κ2) is 4.36. The van der Waals surface area contributed by atoms with E-state index in [1.54, 1.807) is 0 Å². The molecule has 1 nitrogen and oxygen atoms in total. The van der Waals surface area contributed by atoms with Crippen LogP contribution in [0.4, 0.5) is 0 Å². The summed E-state index contributed by atoms with van der Waals surface area (Å²) < 4.78 is 0. The van der Waals surface area contributed by atoms with Crippen molar-refractivity contribution < 1.29 is 0 Å². The summed E-state index contributed by atoms with van der Waals surface area (Å²) in [6.07, 6.45) is 1.41. The fourth-order valence-corrected chi connectivity index (χ4v) is 2.42. The summed E-state index contributed by atoms with van der Waals surface area (Å²) >= 11 is 2.10. The van der Waals surface area contributed by atoms with Crippen molar-refractivity contribution in [1.29, 1.82) is 0 Å². The van der Waals surface area contributed by atoms with Gasteiger partial charge < -0.3 is 4.90 Å². The Balaban J connectivity index is 2.08. The van der Waals surface area contributed by atoms with Crippen molar-refractivity contribution in [2.24, 2.45) is 5.92 Å². The van der Waals surface area contributed by atoms with E-state index in [-0.39, 0.29) is 0 Å². The van der Waals surface area contributed by atoms with Crippen LogP contribution in [0.2, 0.25) is 0 Å². The van der Waals surface area contributed by atoms with Crippen LogP contribution in [-0.2, 0) is 0 Å². The van der Waals surface area contributed by atoms with E-state index in [2.05, 4.69) is 37.6 Å². The molecule has 0 aromatic carbocycles. The van der Waals surface area contributed by atoms with Crippen LogP contribution < -0.4 is 0 Å². The van der Waals surface area contributed by atoms with Gasteiger partial charge in [0.05, 0.1) is 0 Å². The Kier molecular flexibility index (Phi) is 3.73. The van der Waals surface area contributed by atoms with Crippen LogP contribution in [0.15, 0.2) is 0 Å². The van der Waals surface area contributed by atoms with Crippen LogP contribution in [-0.4, -0.2) is 36.0 Å². The van der Waals surface area contributed by atoms with Gasteiger partial charge >= 0.3 is 0 Å². The molecular weight excluding hydrogens is 154 g/mol. The van der Waals surface area contributed by atoms with Crippen LogP contribution in [0.25, 0.3) is 0 Å². The summed E-state index contributed by atoms with van der Waals surface area (Å²) in [5.74, 6) is 2.33. The molecule has 1 atom stereocenters. The van der Waals surface area contributed by atoms with Gasteiger partial charge in [0.2, 0.25) is 0 Å². The Morgan fingerprint density at radius 1 is 1.55 bits per heavy atom. The van der Waals surface area contributed by atoms with Crippen molar-refractivity contribution in [1.82, 2.24) is 4.90 Å². The monoisotopic (exact) mass is 173 g/mol. The largest absolute Gasteiger partial charge is 0.306 e. The topological polar surface area (TPSA) is 3.24 Å². The number of thioether (sulfide) groups is 1. The standard InChI is InChI=1S/C9H19NS/c1-8(2)11-7-9-4-5-10(3)6-9/h8-9H,4-7H2,1-3H3. The third kappa shape index (κ3) is 3.48. The van der Waals surface area contributed by atoms with Crippen molar-refractivity contribution in [2.75, 3.05) is 25.9 Å². The number of hydrogen-bond donors (Lipinski definition) is 0. The average molecular weight is 173 g/mol. The summed E-state index contributed by atoms with van der Waals surface area (Å²) in [4.78, 5) is 2.44. The smallest absolute Gasteiger partial charge is 0.00150 e. The molecule has 1 saturated heterocycles. The van der Waals surface area contributed by atoms with E-state index in [4.69, 9.17) is 0 Å². The summed E-state index contributed by atoms with van der Waals surface area (Å²) in [5.41, 5.74) is 0. The molecule has 11 heavy (non-hydrogen) atoms. The third-order valence-electron chi connectivity index (χ3n) is 2.15. The van der Waals surface area contributed by atoms with E-state index in [1.165, 1.54) is 25.3 Å². The highest BCUT2D eigenvalue weighted by Gasteiger charge is 2.19. The maximum Gasteiger partial charge on any atom is 0.00150 e. The second-order valence-electron chi connectivity index (χ2n) is 3.80. The Hall–Kier alpha value is 0.310. The molecule has 0 bridgehead atoms. The predicted molar refractivity (Wildman–Crippen MR) is 53.2 cm³/mol. The highest BCUT2D eigenvalue weighted by atomic mass is 32.2. The first-order valence-corrected chi connectivity index (χ1v) is 5.53. The minimum atomic E-state index is 0.806. The first-order valence-electron chi connectivity index (χ1n) is 4.48. The molecule has 1 fully saturated rings. The average Bonchev–Trinajstić information content (AvgIpc) is 2.31. The van der Waals surface area contributed by atoms with E-state index >= 15 is 0 Å². The Labute approximate surface area is 74.5 Å². The number of hydrogen-bond acceptors (Lipinski definition) is 2. The number of nitrogens with zero attached hydrogens (tertiary/aromatic N) is 1. The first kappa shape index (κ1) is 9.40. The fourth-order valence-electron chi connectivity index (χ4n) is 1.49. The molecule has 0 radical (unpaired) electrons. The first-order chi connectivity index (χ1) is 5.18. The molecule has 1 aliphatic heterocycles. The van der Waals surface area contributed by atoms with Gasteiger partial charge in [-0.3, -0.25) is 0 Å². The molecule has 66 valence electrons. The van der Waals surface area contributed by atoms with Crippen molar-refractivity contribution in [2.45, 2.75) is 25.5 Å². The van der Waals surface area contributed by atoms with E-state index in [0.717, 1.165) is 11.2 Å². The normalized spacial score (nSPS) is 26.7. The van der Waals surface area contributed by atoms with Crippen molar-refractivity contribution in [3.8, 4) is 0 Å². The van der Waals surface area contributed by atoms with Crippen molar-refractivity contribution >= 4 is 11.8 Å². The minimum absolute atomic E-state index is 0.806. The molecule has 0 aliphatic carbocycles. The lowest BCUT2D eigenvalue weighted by atomic mass is 10.2. The molecule has 0 N–H and O–H groups in total. The van der Waals surface area contributed by atoms with Gasteiger partial charge in [0.1, 0.15) is 0 Å². The lowest BCUT2D eigenvalue weighted by Crippen LogP contribution is -2.15. The Bertz CT molecular complexity index is 114. The van der Waals surface area contributed by atoms with Crippen LogP contribution in [0.1, 0.15) is 20.3 Å². The molecule has 0 saturated carbocycles. The van der Waals surface area contributed by atoms with Crippen LogP contribution in [0.3, 0.4) is 0 Å². The number of likely N-dealkylation sites (tertiary alicyclic amines) is 1. The lowest BCUT2D eigenvalue weighted by Gasteiger charge is -2.11. The molecule has 1 unspecified atom stereocenters. The summed E-state index contributed by atoms with van der Waals surface area (Å²) in [5, 5.41) is 0.806. The van der Waals surface area contributed by atoms with Gasteiger partial charge in [0.15, 0.2) is 0 Å². The van der Waals surface area contributed by atoms with E-state index < -0.39 is 0 Å². The highest BCUT2D eigenvalue weighted by molar-refractivity contribution is 7.99. The van der Waals surface area contributed by atoms with E-state index in [0.29, 0.717) is 0 Å². The van der Waals surface area contributed by atoms with Gasteiger partial charge in [0.25, 0.3) is 0 Å². The molecule has 2 heteroatoms. The molecule has 1 aliphatic rings. The Morgan fingerprint density at radius 2 is 2.27 bits per heavy atom. The van der Waals surface area contributed by atoms with Crippen LogP contribution >= 0.6 is 11.8 Å². The van der Waals surface area contributed by atoms with Gasteiger partial charge in [-0.25, -0.2) is 0 Å². The molecule has 0 amide bonds. The van der Waals surface area contributed by atoms with Gasteiger partial charge in [-0.05, 0) is 36.9 Å². The van der Waals surface area contributed by atoms with Crippen LogP contribution in [0, 0.1) is 5.92 Å². The molecule has 0 aromatic heterocycles. The highest BCUT2D eigenvalue weighted by Crippen LogP contribution is 2.21. The van der Waals surface area contributed by atoms with Crippen molar-refractivity contribution in [3.05, 3.63) is 0 Å². The maximum atomic E-state index is 2.44. The molecule has 1 heterocycles. The van der Waals surface area contributed by atoms with E-state index in [9.17, 15) is 0 Å². The van der Waals surface area contributed by atoms with Gasteiger partial charge in [-0.1, -0.05) is 13.8 Å². The zero-order chi connectivity index (χ0) is 8.27. The third-order valence-corrected chi connectivity index (χ3v) is 3.48. The fraction of sp³-hybridized carbons (Fsp3) is 1.00. The lowest BCUT2D eigenvalue weighted by molar-refractivity contribution is 0.403. The zero-order valence-corrected chi connectivity index (χ0v) is 8.66. The zero-order valence-electron chi connectivity index (χ0n) is 7.84. The summed E-state index contributed by atoms with van der Waals surface area (Å²) in [6, 6.07) is 0. The van der Waals surface area contributed by atoms with Crippen molar-refractivity contribution in [3.63, 3.8) is 0 Å². The van der Waals surface area contributed by atoms with Gasteiger partial charge in [-0.2, -0.15) is 11.8 Å². The Morgan fingerprint density at radius 3 is 2.73 bits per heavy atom. The maximum absolute atomic E-state index is 2.44. The van der Waals surface area contributed by atoms with Crippen LogP contribution in [0.5, 0.6) is 0 Å². The summed E-state index contributed by atoms with van der Waals surface area (Å²) in [6.45, 7) is 7.19. The number of rotatable bonds is 3. The molecule has 1 rings (SSSR count). The quantitative estimate of drug-likeness (QED) is 0.643.